The van der Waals surface area contributed by atoms with Gasteiger partial charge in [0.1, 0.15) is 5.82 Å². The molecule has 0 aromatic carbocycles. The highest BCUT2D eigenvalue weighted by molar-refractivity contribution is 5.51. The minimum atomic E-state index is 0.0257. The molecule has 0 atom stereocenters. The molecular formula is C13H22N2O2. The molecule has 1 aromatic rings. The number of pyridine rings is 1. The summed E-state index contributed by atoms with van der Waals surface area (Å²) in [5.41, 5.74) is 2.98. The van der Waals surface area contributed by atoms with E-state index >= 15 is 0 Å². The van der Waals surface area contributed by atoms with E-state index in [-0.39, 0.29) is 6.61 Å². The van der Waals surface area contributed by atoms with Crippen molar-refractivity contribution in [3.05, 3.63) is 22.9 Å². The van der Waals surface area contributed by atoms with Gasteiger partial charge in [0.25, 0.3) is 0 Å². The first-order valence-corrected chi connectivity index (χ1v) is 5.95. The standard InChI is InChI=1S/C13H22N2O2/c1-5-15(6-7-17-4)13-12(9-16)10(2)8-11(3)14-13/h8,16H,5-7,9H2,1-4H3. The maximum Gasteiger partial charge on any atom is 0.134 e. The fraction of sp³-hybridized carbons (Fsp3) is 0.615. The van der Waals surface area contributed by atoms with Gasteiger partial charge in [-0.1, -0.05) is 0 Å². The highest BCUT2D eigenvalue weighted by Gasteiger charge is 2.13. The van der Waals surface area contributed by atoms with Crippen molar-refractivity contribution in [2.45, 2.75) is 27.4 Å². The predicted octanol–water partition coefficient (Wildman–Crippen LogP) is 1.66. The quantitative estimate of drug-likeness (QED) is 0.818. The van der Waals surface area contributed by atoms with E-state index in [4.69, 9.17) is 4.74 Å². The molecule has 1 rings (SSSR count). The fourth-order valence-corrected chi connectivity index (χ4v) is 1.92. The molecule has 96 valence electrons. The van der Waals surface area contributed by atoms with Gasteiger partial charge in [-0.2, -0.15) is 0 Å². The Morgan fingerprint density at radius 3 is 2.65 bits per heavy atom. The number of aliphatic hydroxyl groups is 1. The summed E-state index contributed by atoms with van der Waals surface area (Å²) in [6.45, 7) is 8.39. The molecule has 0 spiro atoms. The van der Waals surface area contributed by atoms with Crippen molar-refractivity contribution >= 4 is 5.82 Å². The van der Waals surface area contributed by atoms with E-state index in [9.17, 15) is 5.11 Å². The molecule has 1 N–H and O–H groups in total. The largest absolute Gasteiger partial charge is 0.392 e. The second-order valence-corrected chi connectivity index (χ2v) is 4.11. The Balaban J connectivity index is 3.07. The van der Waals surface area contributed by atoms with Crippen LogP contribution in [0.4, 0.5) is 5.82 Å². The Bertz CT molecular complexity index is 367. The maximum absolute atomic E-state index is 9.46. The highest BCUT2D eigenvalue weighted by Crippen LogP contribution is 2.22. The summed E-state index contributed by atoms with van der Waals surface area (Å²) in [5.74, 6) is 0.879. The van der Waals surface area contributed by atoms with Crippen molar-refractivity contribution in [3.63, 3.8) is 0 Å². The van der Waals surface area contributed by atoms with Crippen LogP contribution in [-0.4, -0.2) is 36.9 Å². The van der Waals surface area contributed by atoms with Crippen molar-refractivity contribution in [2.75, 3.05) is 31.7 Å². The number of aryl methyl sites for hydroxylation is 2. The second kappa shape index (κ2) is 6.57. The molecule has 4 heteroatoms. The van der Waals surface area contributed by atoms with E-state index in [1.54, 1.807) is 7.11 Å². The summed E-state index contributed by atoms with van der Waals surface area (Å²) < 4.78 is 5.10. The number of aromatic nitrogens is 1. The van der Waals surface area contributed by atoms with Gasteiger partial charge in [-0.15, -0.1) is 0 Å². The predicted molar refractivity (Wildman–Crippen MR) is 69.4 cm³/mol. The van der Waals surface area contributed by atoms with E-state index < -0.39 is 0 Å². The van der Waals surface area contributed by atoms with Gasteiger partial charge in [0.15, 0.2) is 0 Å². The smallest absolute Gasteiger partial charge is 0.134 e. The molecule has 0 aliphatic heterocycles. The Kier molecular flexibility index (Phi) is 5.38. The highest BCUT2D eigenvalue weighted by atomic mass is 16.5. The molecule has 0 unspecified atom stereocenters. The molecule has 1 aromatic heterocycles. The summed E-state index contributed by atoms with van der Waals surface area (Å²) in [4.78, 5) is 6.67. The molecule has 0 saturated carbocycles. The molecule has 0 aliphatic rings. The first-order valence-electron chi connectivity index (χ1n) is 5.95. The SMILES string of the molecule is CCN(CCOC)c1nc(C)cc(C)c1CO. The van der Waals surface area contributed by atoms with Crippen molar-refractivity contribution in [2.24, 2.45) is 0 Å². The van der Waals surface area contributed by atoms with E-state index in [1.165, 1.54) is 0 Å². The summed E-state index contributed by atoms with van der Waals surface area (Å²) >= 11 is 0. The van der Waals surface area contributed by atoms with Crippen LogP contribution in [0, 0.1) is 13.8 Å². The van der Waals surface area contributed by atoms with Gasteiger partial charge in [-0.3, -0.25) is 0 Å². The summed E-state index contributed by atoms with van der Waals surface area (Å²) in [6, 6.07) is 2.00. The normalized spacial score (nSPS) is 10.6. The lowest BCUT2D eigenvalue weighted by atomic mass is 10.1. The van der Waals surface area contributed by atoms with E-state index in [0.717, 1.165) is 35.7 Å². The molecule has 0 bridgehead atoms. The monoisotopic (exact) mass is 238 g/mol. The van der Waals surface area contributed by atoms with E-state index in [2.05, 4.69) is 16.8 Å². The number of methoxy groups -OCH3 is 1. The summed E-state index contributed by atoms with van der Waals surface area (Å²) in [6.07, 6.45) is 0. The minimum Gasteiger partial charge on any atom is -0.392 e. The van der Waals surface area contributed by atoms with Crippen LogP contribution in [-0.2, 0) is 11.3 Å². The molecule has 0 fully saturated rings. The first kappa shape index (κ1) is 13.9. The van der Waals surface area contributed by atoms with Crippen molar-refractivity contribution in [1.82, 2.24) is 4.98 Å². The molecule has 0 radical (unpaired) electrons. The molecule has 17 heavy (non-hydrogen) atoms. The zero-order valence-electron chi connectivity index (χ0n) is 11.2. The number of hydrogen-bond donors (Lipinski definition) is 1. The number of ether oxygens (including phenoxy) is 1. The third-order valence-corrected chi connectivity index (χ3v) is 2.86. The number of aliphatic hydroxyl groups excluding tert-OH is 1. The van der Waals surface area contributed by atoms with Crippen LogP contribution in [0.25, 0.3) is 0 Å². The summed E-state index contributed by atoms with van der Waals surface area (Å²) in [5, 5.41) is 9.46. The van der Waals surface area contributed by atoms with Gasteiger partial charge in [0, 0.05) is 31.5 Å². The lowest BCUT2D eigenvalue weighted by molar-refractivity contribution is 0.205. The third kappa shape index (κ3) is 3.41. The van der Waals surface area contributed by atoms with Crippen LogP contribution in [0.1, 0.15) is 23.7 Å². The zero-order chi connectivity index (χ0) is 12.8. The van der Waals surface area contributed by atoms with Crippen LogP contribution < -0.4 is 4.90 Å². The molecule has 4 nitrogen and oxygen atoms in total. The maximum atomic E-state index is 9.46. The Labute approximate surface area is 103 Å². The number of hydrogen-bond acceptors (Lipinski definition) is 4. The molecule has 1 heterocycles. The van der Waals surface area contributed by atoms with E-state index in [0.29, 0.717) is 6.61 Å². The molecule has 0 aliphatic carbocycles. The number of rotatable bonds is 6. The Morgan fingerprint density at radius 1 is 1.41 bits per heavy atom. The van der Waals surface area contributed by atoms with Crippen molar-refractivity contribution in [3.8, 4) is 0 Å². The van der Waals surface area contributed by atoms with Crippen molar-refractivity contribution < 1.29 is 9.84 Å². The third-order valence-electron chi connectivity index (χ3n) is 2.86. The van der Waals surface area contributed by atoms with Crippen LogP contribution in [0.2, 0.25) is 0 Å². The zero-order valence-corrected chi connectivity index (χ0v) is 11.2. The number of nitrogens with zero attached hydrogens (tertiary/aromatic N) is 2. The van der Waals surface area contributed by atoms with Crippen LogP contribution >= 0.6 is 0 Å². The summed E-state index contributed by atoms with van der Waals surface area (Å²) in [7, 11) is 1.69. The molecule has 0 saturated heterocycles. The van der Waals surface area contributed by atoms with Gasteiger partial charge >= 0.3 is 0 Å². The Hall–Kier alpha value is -1.13. The van der Waals surface area contributed by atoms with Gasteiger partial charge < -0.3 is 14.7 Å². The average Bonchev–Trinajstić information content (AvgIpc) is 2.29. The number of anilines is 1. The first-order chi connectivity index (χ1) is 8.13. The van der Waals surface area contributed by atoms with E-state index in [1.807, 2.05) is 19.9 Å². The van der Waals surface area contributed by atoms with Crippen LogP contribution in [0.15, 0.2) is 6.07 Å². The lowest BCUT2D eigenvalue weighted by Gasteiger charge is -2.25. The second-order valence-electron chi connectivity index (χ2n) is 4.11. The number of likely N-dealkylation sites (N-methyl/N-ethyl adjacent to an activating group) is 1. The average molecular weight is 238 g/mol. The minimum absolute atomic E-state index is 0.0257. The van der Waals surface area contributed by atoms with Gasteiger partial charge in [0.05, 0.1) is 13.2 Å². The fourth-order valence-electron chi connectivity index (χ4n) is 1.92. The van der Waals surface area contributed by atoms with Crippen LogP contribution in [0.5, 0.6) is 0 Å². The topological polar surface area (TPSA) is 45.6 Å². The lowest BCUT2D eigenvalue weighted by Crippen LogP contribution is -2.29. The molecular weight excluding hydrogens is 216 g/mol. The van der Waals surface area contributed by atoms with Crippen LogP contribution in [0.3, 0.4) is 0 Å². The van der Waals surface area contributed by atoms with Gasteiger partial charge in [-0.05, 0) is 32.4 Å². The van der Waals surface area contributed by atoms with Gasteiger partial charge in [-0.25, -0.2) is 4.98 Å². The van der Waals surface area contributed by atoms with Crippen molar-refractivity contribution in [1.29, 1.82) is 0 Å². The van der Waals surface area contributed by atoms with Gasteiger partial charge in [0.2, 0.25) is 0 Å². The molecule has 0 amide bonds. The Morgan fingerprint density at radius 2 is 2.12 bits per heavy atom.